The van der Waals surface area contributed by atoms with Gasteiger partial charge >= 0.3 is 0 Å². The van der Waals surface area contributed by atoms with Crippen LogP contribution in [0, 0.1) is 41.5 Å². The molecule has 12 aromatic carbocycles. The summed E-state index contributed by atoms with van der Waals surface area (Å²) in [6.45, 7) is 13.7. The van der Waals surface area contributed by atoms with E-state index in [1.165, 1.54) is 143 Å². The third-order valence-corrected chi connectivity index (χ3v) is 19.4. The zero-order valence-electron chi connectivity index (χ0n) is 55.3. The molecule has 7 heteroatoms. The normalized spacial score (nSPS) is 11.3. The van der Waals surface area contributed by atoms with Gasteiger partial charge in [0.1, 0.15) is 0 Å². The lowest BCUT2D eigenvalue weighted by atomic mass is 9.33. The number of rotatable bonds is 10. The molecule has 17 rings (SSSR count). The van der Waals surface area contributed by atoms with Gasteiger partial charge in [-0.3, -0.25) is 19.9 Å². The zero-order chi connectivity index (χ0) is 65.0. The Morgan fingerprint density at radius 1 is 0.278 bits per heavy atom. The molecular weight excluding hydrogens is 1170 g/mol. The number of para-hydroxylation sites is 2. The summed E-state index contributed by atoms with van der Waals surface area (Å²) in [4.78, 5) is 18.7. The summed E-state index contributed by atoms with van der Waals surface area (Å²) in [5, 5.41) is 12.3. The van der Waals surface area contributed by atoms with Crippen molar-refractivity contribution in [2.75, 3.05) is 0 Å². The van der Waals surface area contributed by atoms with Crippen LogP contribution in [0.3, 0.4) is 0 Å². The Kier molecular flexibility index (Phi) is 16.4. The van der Waals surface area contributed by atoms with Gasteiger partial charge in [0.15, 0.2) is 0 Å². The van der Waals surface area contributed by atoms with Gasteiger partial charge in [0.05, 0.1) is 39.5 Å². The number of aryl methyl sites for hydroxylation is 6. The fraction of sp³-hybridized carbons (Fsp3) is 0.0667. The van der Waals surface area contributed by atoms with Crippen LogP contribution in [0.1, 0.15) is 33.4 Å². The van der Waals surface area contributed by atoms with Crippen molar-refractivity contribution in [2.45, 2.75) is 41.5 Å². The molecule has 0 bridgehead atoms. The van der Waals surface area contributed by atoms with E-state index in [0.717, 1.165) is 45.0 Å². The maximum atomic E-state index is 4.86. The highest BCUT2D eigenvalue weighted by Gasteiger charge is 2.31. The van der Waals surface area contributed by atoms with Crippen molar-refractivity contribution in [3.8, 4) is 73.0 Å². The van der Waals surface area contributed by atoms with Gasteiger partial charge in [-0.2, -0.15) is 0 Å². The number of nitrogens with zero attached hydrogens (tertiary/aromatic N) is 5. The Morgan fingerprint density at radius 3 is 1.18 bits per heavy atom. The van der Waals surface area contributed by atoms with E-state index >= 15 is 0 Å². The number of pyridine rings is 4. The fourth-order valence-electron chi connectivity index (χ4n) is 15.5. The van der Waals surface area contributed by atoms with E-state index < -0.39 is 0 Å². The highest BCUT2D eigenvalue weighted by molar-refractivity contribution is 6.98. The first-order valence-corrected chi connectivity index (χ1v) is 33.1. The molecule has 0 spiro atoms. The molecule has 3 radical (unpaired) electrons. The summed E-state index contributed by atoms with van der Waals surface area (Å²) < 4.78 is 2.45. The molecule has 17 aromatic rings. The molecule has 0 amide bonds. The second-order valence-corrected chi connectivity index (χ2v) is 25.6. The predicted octanol–water partition coefficient (Wildman–Crippen LogP) is 20.7. The average Bonchev–Trinajstić information content (AvgIpc) is 1.38. The van der Waals surface area contributed by atoms with E-state index in [-0.39, 0.29) is 15.1 Å². The largest absolute Gasteiger partial charge is 0.309 e. The zero-order valence-corrected chi connectivity index (χ0v) is 55.3. The molecule has 0 saturated carbocycles. The third-order valence-electron chi connectivity index (χ3n) is 19.4. The number of aromatic nitrogens is 5. The predicted molar refractivity (Wildman–Crippen MR) is 413 cm³/mol. The molecule has 0 fully saturated rings. The molecule has 0 aliphatic heterocycles. The van der Waals surface area contributed by atoms with Crippen LogP contribution >= 0.6 is 0 Å². The van der Waals surface area contributed by atoms with Crippen LogP contribution in [0.5, 0.6) is 0 Å². The van der Waals surface area contributed by atoms with Crippen LogP contribution in [-0.4, -0.2) is 39.6 Å². The Morgan fingerprint density at radius 2 is 0.680 bits per heavy atom. The van der Waals surface area contributed by atoms with Gasteiger partial charge in [0, 0.05) is 60.5 Å². The monoisotopic (exact) mass is 1240 g/mol. The first-order valence-electron chi connectivity index (χ1n) is 33.1. The van der Waals surface area contributed by atoms with Crippen molar-refractivity contribution in [2.24, 2.45) is 0 Å². The van der Waals surface area contributed by atoms with Crippen molar-refractivity contribution in [1.82, 2.24) is 24.5 Å². The molecule has 97 heavy (non-hydrogen) atoms. The Labute approximate surface area is 569 Å². The van der Waals surface area contributed by atoms with Crippen LogP contribution in [0.2, 0.25) is 0 Å². The van der Waals surface area contributed by atoms with Crippen LogP contribution < -0.4 is 16.4 Å². The second kappa shape index (κ2) is 25.8. The minimum atomic E-state index is 0. The lowest BCUT2D eigenvalue weighted by molar-refractivity contribution is 1.20. The van der Waals surface area contributed by atoms with E-state index in [9.17, 15) is 0 Å². The quantitative estimate of drug-likeness (QED) is 0.101. The van der Waals surface area contributed by atoms with Crippen LogP contribution in [0.15, 0.2) is 304 Å². The molecular formula is C90H68B2N5. The molecule has 0 saturated heterocycles. The fourth-order valence-corrected chi connectivity index (χ4v) is 15.5. The van der Waals surface area contributed by atoms with Gasteiger partial charge in [0.2, 0.25) is 6.71 Å². The second-order valence-electron chi connectivity index (χ2n) is 25.6. The van der Waals surface area contributed by atoms with E-state index in [1.54, 1.807) is 12.4 Å². The smallest absolute Gasteiger partial charge is 0.243 e. The molecule has 0 aliphatic carbocycles. The minimum absolute atomic E-state index is 0. The third kappa shape index (κ3) is 11.1. The van der Waals surface area contributed by atoms with Gasteiger partial charge in [-0.1, -0.05) is 268 Å². The van der Waals surface area contributed by atoms with E-state index in [2.05, 4.69) is 299 Å². The van der Waals surface area contributed by atoms with Gasteiger partial charge in [-0.15, -0.1) is 0 Å². The van der Waals surface area contributed by atoms with Crippen LogP contribution in [0.25, 0.3) is 138 Å². The summed E-state index contributed by atoms with van der Waals surface area (Å²) in [6.07, 6.45) is 7.54. The molecule has 0 unspecified atom stereocenters. The summed E-state index contributed by atoms with van der Waals surface area (Å²) in [5.74, 6) is 0. The van der Waals surface area contributed by atoms with Gasteiger partial charge in [-0.25, -0.2) is 0 Å². The van der Waals surface area contributed by atoms with Crippen molar-refractivity contribution < 1.29 is 0 Å². The SMILES string of the molecule is Cc1cc(C)c(B(c2c(C)cc(C)cc2C)c2ccc(-c3ccc(-n4c5ccccc5c5ccccc54)c4ccccc34)c3ccccc23)c(C)c1.[B].c1ccc(-c2ccc3c(-c4ccc(-c5ccccn5)nc4)c4ccccc4c(-c4ccc(-c5ccccn5)nc4)c3c2)cc1. The van der Waals surface area contributed by atoms with E-state index in [0.29, 0.717) is 0 Å². The lowest BCUT2D eigenvalue weighted by Crippen LogP contribution is -2.56. The highest BCUT2D eigenvalue weighted by atomic mass is 15.0. The van der Waals surface area contributed by atoms with Gasteiger partial charge < -0.3 is 4.57 Å². The maximum Gasteiger partial charge on any atom is 0.243 e. The topological polar surface area (TPSA) is 56.5 Å². The average molecular weight is 1240 g/mol. The van der Waals surface area contributed by atoms with Gasteiger partial charge in [0.25, 0.3) is 0 Å². The number of hydrogen-bond donors (Lipinski definition) is 0. The Balaban J connectivity index is 0.000000159. The summed E-state index contributed by atoms with van der Waals surface area (Å²) in [6, 6.07) is 101. The van der Waals surface area contributed by atoms with Crippen molar-refractivity contribution in [1.29, 1.82) is 0 Å². The highest BCUT2D eigenvalue weighted by Crippen LogP contribution is 2.46. The molecule has 5 heterocycles. The Bertz CT molecular complexity index is 5670. The summed E-state index contributed by atoms with van der Waals surface area (Å²) in [7, 11) is 0. The molecule has 0 aliphatic rings. The Hall–Kier alpha value is -11.8. The van der Waals surface area contributed by atoms with E-state index in [1.807, 2.05) is 48.8 Å². The lowest BCUT2D eigenvalue weighted by Gasteiger charge is -2.26. The summed E-state index contributed by atoms with van der Waals surface area (Å²) >= 11 is 0. The molecule has 5 aromatic heterocycles. The first kappa shape index (κ1) is 61.4. The van der Waals surface area contributed by atoms with Crippen molar-refractivity contribution >= 4 is 96.4 Å². The van der Waals surface area contributed by atoms with Gasteiger partial charge in [-0.05, 0) is 173 Å². The van der Waals surface area contributed by atoms with Crippen LogP contribution in [0.4, 0.5) is 0 Å². The van der Waals surface area contributed by atoms with Crippen molar-refractivity contribution in [3.05, 3.63) is 337 Å². The van der Waals surface area contributed by atoms with Crippen LogP contribution in [-0.2, 0) is 0 Å². The molecule has 459 valence electrons. The minimum Gasteiger partial charge on any atom is -0.309 e. The molecule has 5 nitrogen and oxygen atoms in total. The van der Waals surface area contributed by atoms with E-state index in [4.69, 9.17) is 9.97 Å². The van der Waals surface area contributed by atoms with Crippen molar-refractivity contribution in [3.63, 3.8) is 0 Å². The number of hydrogen-bond acceptors (Lipinski definition) is 4. The first-order chi connectivity index (χ1) is 47.1. The maximum absolute atomic E-state index is 4.86. The molecule has 0 N–H and O–H groups in total. The number of fused-ring (bicyclic) bond motifs is 7. The number of benzene rings is 12. The standard InChI is InChI=1S/C50H42BN.C40H26N4.B/c1-31-27-33(3)49(34(4)28-31)51(50-35(5)29-32(2)30-36(50)6)45-25-23-39(37-15-7-9-17-41(37)45)40-24-26-48(42-18-10-8-16-38(40)42)52-46-21-13-11-19-43(46)44-20-12-14-22-47(44)52;1-2-10-27(11-3-1)28-16-19-33-34(24-28)40(30-18-21-38(44-26-30)36-15-7-9-23-42-36)32-13-5-4-12-31(32)39(33)29-17-20-37(43-25-29)35-14-6-8-22-41-35;/h7-30H,1-6H3;1-26H;. The summed E-state index contributed by atoms with van der Waals surface area (Å²) in [5.41, 5.74) is 28.6. The molecule has 0 atom stereocenters.